The first-order valence-corrected chi connectivity index (χ1v) is 6.32. The molecule has 0 atom stereocenters. The first-order chi connectivity index (χ1) is 4.09. The molecule has 0 rings (SSSR count). The van der Waals surface area contributed by atoms with Gasteiger partial charge in [0.05, 0.1) is 0 Å². The lowest BCUT2D eigenvalue weighted by Gasteiger charge is -2.21. The van der Waals surface area contributed by atoms with Crippen molar-refractivity contribution in [1.29, 1.82) is 0 Å². The number of hydrogen-bond acceptors (Lipinski definition) is 0. The lowest BCUT2D eigenvalue weighted by Crippen LogP contribution is -2.13. The molecule has 0 aliphatic heterocycles. The normalized spacial score (nSPS) is 11.6. The lowest BCUT2D eigenvalue weighted by atomic mass is 10.00. The van der Waals surface area contributed by atoms with Crippen LogP contribution < -0.4 is 0 Å². The summed E-state index contributed by atoms with van der Waals surface area (Å²) in [5, 5.41) is 0. The molecular formula is C8H19Al. The Morgan fingerprint density at radius 2 is 1.22 bits per heavy atom. The molecule has 0 saturated carbocycles. The van der Waals surface area contributed by atoms with Gasteiger partial charge in [0, 0.05) is 0 Å². The summed E-state index contributed by atoms with van der Waals surface area (Å²) in [5.41, 5.74) is 0. The van der Waals surface area contributed by atoms with Crippen LogP contribution in [0.1, 0.15) is 27.7 Å². The van der Waals surface area contributed by atoms with E-state index in [0.29, 0.717) is 0 Å². The highest BCUT2D eigenvalue weighted by Gasteiger charge is 2.15. The van der Waals surface area contributed by atoms with Crippen LogP contribution in [-0.4, -0.2) is 15.2 Å². The molecular weight excluding hydrogens is 123 g/mol. The molecule has 0 aliphatic rings. The van der Waals surface area contributed by atoms with E-state index in [4.69, 9.17) is 0 Å². The Labute approximate surface area is 65.7 Å². The molecule has 0 amide bonds. The Bertz CT molecular complexity index is 59.0. The van der Waals surface area contributed by atoms with Gasteiger partial charge in [-0.1, -0.05) is 44.3 Å². The third kappa shape index (κ3) is 3.28. The summed E-state index contributed by atoms with van der Waals surface area (Å²) in [4.78, 5) is 0. The van der Waals surface area contributed by atoms with E-state index in [2.05, 4.69) is 33.5 Å². The largest absolute Gasteiger partial charge is 0.238 e. The van der Waals surface area contributed by atoms with Gasteiger partial charge in [-0.2, -0.15) is 0 Å². The molecule has 0 aromatic rings. The van der Waals surface area contributed by atoms with Crippen molar-refractivity contribution < 1.29 is 0 Å². The molecule has 0 unspecified atom stereocenters. The van der Waals surface area contributed by atoms with Crippen LogP contribution in [-0.2, 0) is 0 Å². The van der Waals surface area contributed by atoms with Gasteiger partial charge in [-0.05, 0) is 0 Å². The Balaban J connectivity index is 3.68. The number of rotatable bonds is 3. The molecule has 0 radical (unpaired) electrons. The molecule has 0 fully saturated rings. The van der Waals surface area contributed by atoms with Crippen molar-refractivity contribution in [3.63, 3.8) is 0 Å². The van der Waals surface area contributed by atoms with Crippen molar-refractivity contribution in [2.45, 2.75) is 38.3 Å². The topological polar surface area (TPSA) is 0 Å². The van der Waals surface area contributed by atoms with Crippen LogP contribution in [0, 0.1) is 11.8 Å². The van der Waals surface area contributed by atoms with Crippen LogP contribution in [0.15, 0.2) is 0 Å². The summed E-state index contributed by atoms with van der Waals surface area (Å²) in [6, 6.07) is 0. The summed E-state index contributed by atoms with van der Waals surface area (Å²) in [6.45, 7) is 9.39. The van der Waals surface area contributed by atoms with Gasteiger partial charge in [0.25, 0.3) is 0 Å². The van der Waals surface area contributed by atoms with Gasteiger partial charge in [0.2, 0.25) is 15.2 Å². The zero-order valence-corrected chi connectivity index (χ0v) is 8.85. The van der Waals surface area contributed by atoms with Crippen molar-refractivity contribution >= 4 is 15.2 Å². The molecule has 0 bridgehead atoms. The van der Waals surface area contributed by atoms with Crippen LogP contribution in [0.5, 0.6) is 0 Å². The minimum atomic E-state index is 0.233. The molecule has 0 aromatic heterocycles. The maximum absolute atomic E-state index is 2.42. The Hall–Kier alpha value is 0.532. The van der Waals surface area contributed by atoms with Gasteiger partial charge in [0.15, 0.2) is 0 Å². The van der Waals surface area contributed by atoms with Crippen LogP contribution in [0.25, 0.3) is 0 Å². The van der Waals surface area contributed by atoms with Gasteiger partial charge >= 0.3 is 0 Å². The van der Waals surface area contributed by atoms with Gasteiger partial charge < -0.3 is 0 Å². The van der Waals surface area contributed by atoms with Crippen LogP contribution >= 0.6 is 0 Å². The average Bonchev–Trinajstić information content (AvgIpc) is 1.64. The molecule has 0 aromatic carbocycles. The zero-order chi connectivity index (χ0) is 7.44. The number of hydrogen-bond donors (Lipinski definition) is 0. The van der Waals surface area contributed by atoms with E-state index >= 15 is 0 Å². The highest BCUT2D eigenvalue weighted by atomic mass is 27.1. The van der Waals surface area contributed by atoms with E-state index in [9.17, 15) is 0 Å². The van der Waals surface area contributed by atoms with E-state index in [1.807, 2.05) is 0 Å². The molecule has 0 aliphatic carbocycles. The SMILES string of the molecule is [CH3][AlH][CH](C(C)C)C(C)C. The first kappa shape index (κ1) is 9.53. The molecule has 54 valence electrons. The molecule has 0 N–H and O–H groups in total. The van der Waals surface area contributed by atoms with Gasteiger partial charge in [-0.15, -0.1) is 5.79 Å². The second-order valence-electron chi connectivity index (χ2n) is 3.56. The Morgan fingerprint density at radius 1 is 0.889 bits per heavy atom. The van der Waals surface area contributed by atoms with Crippen LogP contribution in [0.2, 0.25) is 10.6 Å². The van der Waals surface area contributed by atoms with Gasteiger partial charge in [0.1, 0.15) is 0 Å². The van der Waals surface area contributed by atoms with Crippen molar-refractivity contribution in [2.75, 3.05) is 0 Å². The minimum Gasteiger partial charge on any atom is -0.109 e. The smallest absolute Gasteiger partial charge is 0.109 e. The van der Waals surface area contributed by atoms with Crippen molar-refractivity contribution in [3.05, 3.63) is 0 Å². The van der Waals surface area contributed by atoms with E-state index < -0.39 is 0 Å². The van der Waals surface area contributed by atoms with E-state index in [-0.39, 0.29) is 15.2 Å². The fourth-order valence-electron chi connectivity index (χ4n) is 1.71. The van der Waals surface area contributed by atoms with Gasteiger partial charge in [-0.25, -0.2) is 0 Å². The van der Waals surface area contributed by atoms with Crippen molar-refractivity contribution in [1.82, 2.24) is 0 Å². The van der Waals surface area contributed by atoms with Gasteiger partial charge in [-0.3, -0.25) is 0 Å². The summed E-state index contributed by atoms with van der Waals surface area (Å²) < 4.78 is 1.06. The maximum atomic E-state index is 2.42. The Kier molecular flexibility index (Phi) is 4.62. The summed E-state index contributed by atoms with van der Waals surface area (Å²) >= 11 is 0.233. The van der Waals surface area contributed by atoms with Crippen LogP contribution in [0.4, 0.5) is 0 Å². The molecule has 0 saturated heterocycles. The molecule has 0 heterocycles. The second-order valence-corrected chi connectivity index (χ2v) is 5.32. The summed E-state index contributed by atoms with van der Waals surface area (Å²) in [5.74, 6) is 4.26. The fourth-order valence-corrected chi connectivity index (χ4v) is 3.60. The van der Waals surface area contributed by atoms with E-state index in [0.717, 1.165) is 16.6 Å². The summed E-state index contributed by atoms with van der Waals surface area (Å²) in [7, 11) is 0. The third-order valence-corrected chi connectivity index (χ3v) is 5.01. The predicted molar refractivity (Wildman–Crippen MR) is 46.4 cm³/mol. The quantitative estimate of drug-likeness (QED) is 0.531. The molecule has 0 nitrogen and oxygen atoms in total. The molecule has 0 spiro atoms. The highest BCUT2D eigenvalue weighted by Crippen LogP contribution is 2.24. The maximum Gasteiger partial charge on any atom is 0.238 e. The van der Waals surface area contributed by atoms with E-state index in [1.165, 1.54) is 0 Å². The summed E-state index contributed by atoms with van der Waals surface area (Å²) in [6.07, 6.45) is 0. The zero-order valence-electron chi connectivity index (χ0n) is 7.44. The molecule has 1 heteroatoms. The third-order valence-electron chi connectivity index (χ3n) is 2.18. The standard InChI is InChI=1S/C7H15.CH3.Al.H/c1-6(2)5-7(3)4;;;/h5-7H,1-4H3;1H3;;. The fraction of sp³-hybridized carbons (Fsp3) is 1.00. The van der Waals surface area contributed by atoms with Crippen molar-refractivity contribution in [3.8, 4) is 0 Å². The highest BCUT2D eigenvalue weighted by molar-refractivity contribution is 6.35. The van der Waals surface area contributed by atoms with E-state index in [1.54, 1.807) is 0 Å². The average molecular weight is 142 g/mol. The lowest BCUT2D eigenvalue weighted by molar-refractivity contribution is 0.465. The second kappa shape index (κ2) is 4.36. The Morgan fingerprint density at radius 3 is 1.22 bits per heavy atom. The predicted octanol–water partition coefficient (Wildman–Crippen LogP) is 2.57. The van der Waals surface area contributed by atoms with Crippen LogP contribution in [0.3, 0.4) is 0 Å². The monoisotopic (exact) mass is 142 g/mol. The first-order valence-electron chi connectivity index (χ1n) is 4.09. The molecule has 9 heavy (non-hydrogen) atoms. The van der Waals surface area contributed by atoms with Crippen molar-refractivity contribution in [2.24, 2.45) is 11.8 Å². The minimum absolute atomic E-state index is 0.233.